The Balaban J connectivity index is 1.95. The number of aliphatic hydroxyl groups excluding tert-OH is 1. The van der Waals surface area contributed by atoms with Crippen molar-refractivity contribution < 1.29 is 9.84 Å². The average molecular weight is 266 g/mol. The number of nitrogens with zero attached hydrogens (tertiary/aromatic N) is 2. The van der Waals surface area contributed by atoms with E-state index in [1.807, 2.05) is 0 Å². The van der Waals surface area contributed by atoms with Gasteiger partial charge in [-0.15, -0.1) is 0 Å². The van der Waals surface area contributed by atoms with E-state index in [4.69, 9.17) is 10.5 Å². The molecule has 2 unspecified atom stereocenters. The number of methoxy groups -OCH3 is 1. The summed E-state index contributed by atoms with van der Waals surface area (Å²) in [6.07, 6.45) is 3.46. The van der Waals surface area contributed by atoms with Crippen molar-refractivity contribution in [1.29, 1.82) is 0 Å². The van der Waals surface area contributed by atoms with Crippen LogP contribution < -0.4 is 11.1 Å². The van der Waals surface area contributed by atoms with Gasteiger partial charge in [0.05, 0.1) is 0 Å². The molecule has 19 heavy (non-hydrogen) atoms. The average Bonchev–Trinajstić information content (AvgIpc) is 2.83. The summed E-state index contributed by atoms with van der Waals surface area (Å²) in [7, 11) is 1.60. The van der Waals surface area contributed by atoms with Gasteiger partial charge in [0.1, 0.15) is 18.2 Å². The van der Waals surface area contributed by atoms with Gasteiger partial charge >= 0.3 is 0 Å². The summed E-state index contributed by atoms with van der Waals surface area (Å²) in [6.45, 7) is 1.43. The molecule has 0 saturated heterocycles. The third-order valence-corrected chi connectivity index (χ3v) is 3.66. The van der Waals surface area contributed by atoms with Gasteiger partial charge in [-0.25, -0.2) is 9.97 Å². The van der Waals surface area contributed by atoms with Crippen LogP contribution in [0.15, 0.2) is 6.07 Å². The maximum atomic E-state index is 9.30. The van der Waals surface area contributed by atoms with Gasteiger partial charge in [-0.1, -0.05) is 6.42 Å². The molecule has 1 fully saturated rings. The number of anilines is 2. The molecule has 1 aliphatic carbocycles. The topological polar surface area (TPSA) is 93.3 Å². The van der Waals surface area contributed by atoms with Crippen LogP contribution in [0.25, 0.3) is 0 Å². The van der Waals surface area contributed by atoms with Crippen LogP contribution in [0, 0.1) is 11.8 Å². The highest BCUT2D eigenvalue weighted by Crippen LogP contribution is 2.31. The molecule has 2 rings (SSSR count). The lowest BCUT2D eigenvalue weighted by molar-refractivity contribution is 0.178. The molecule has 1 aromatic rings. The lowest BCUT2D eigenvalue weighted by atomic mass is 9.97. The lowest BCUT2D eigenvalue weighted by Crippen LogP contribution is -2.21. The van der Waals surface area contributed by atoms with E-state index < -0.39 is 0 Å². The number of hydrogen-bond donors (Lipinski definition) is 3. The Morgan fingerprint density at radius 3 is 2.95 bits per heavy atom. The zero-order chi connectivity index (χ0) is 13.7. The number of ether oxygens (including phenoxy) is 1. The van der Waals surface area contributed by atoms with Gasteiger partial charge in [-0.2, -0.15) is 0 Å². The van der Waals surface area contributed by atoms with Gasteiger partial charge in [0.15, 0.2) is 5.82 Å². The zero-order valence-electron chi connectivity index (χ0n) is 11.3. The van der Waals surface area contributed by atoms with Crippen LogP contribution in [0.5, 0.6) is 0 Å². The Hall–Kier alpha value is -1.40. The molecule has 1 saturated carbocycles. The Morgan fingerprint density at radius 2 is 2.21 bits per heavy atom. The highest BCUT2D eigenvalue weighted by molar-refractivity contribution is 5.44. The fourth-order valence-electron chi connectivity index (χ4n) is 2.66. The Morgan fingerprint density at radius 1 is 1.42 bits per heavy atom. The fourth-order valence-corrected chi connectivity index (χ4v) is 2.66. The van der Waals surface area contributed by atoms with E-state index in [9.17, 15) is 5.11 Å². The molecule has 2 atom stereocenters. The normalized spacial score (nSPS) is 22.6. The van der Waals surface area contributed by atoms with E-state index >= 15 is 0 Å². The first kappa shape index (κ1) is 14.0. The second-order valence-corrected chi connectivity index (χ2v) is 5.04. The summed E-state index contributed by atoms with van der Waals surface area (Å²) < 4.78 is 5.01. The van der Waals surface area contributed by atoms with Gasteiger partial charge < -0.3 is 20.9 Å². The summed E-state index contributed by atoms with van der Waals surface area (Å²) in [4.78, 5) is 8.44. The third kappa shape index (κ3) is 3.78. The van der Waals surface area contributed by atoms with Gasteiger partial charge in [-0.3, -0.25) is 0 Å². The highest BCUT2D eigenvalue weighted by atomic mass is 16.5. The first-order valence-electron chi connectivity index (χ1n) is 6.70. The monoisotopic (exact) mass is 266 g/mol. The van der Waals surface area contributed by atoms with Crippen LogP contribution in [0.1, 0.15) is 25.1 Å². The van der Waals surface area contributed by atoms with E-state index in [2.05, 4.69) is 15.3 Å². The molecule has 0 aromatic carbocycles. The van der Waals surface area contributed by atoms with Crippen molar-refractivity contribution in [3.05, 3.63) is 11.9 Å². The first-order chi connectivity index (χ1) is 9.22. The van der Waals surface area contributed by atoms with Gasteiger partial charge in [0.25, 0.3) is 0 Å². The zero-order valence-corrected chi connectivity index (χ0v) is 11.3. The highest BCUT2D eigenvalue weighted by Gasteiger charge is 2.26. The van der Waals surface area contributed by atoms with Crippen molar-refractivity contribution in [1.82, 2.24) is 9.97 Å². The SMILES string of the molecule is COCc1nc(N)cc(NCC2CCCC2CO)n1. The first-order valence-corrected chi connectivity index (χ1v) is 6.70. The fraction of sp³-hybridized carbons (Fsp3) is 0.692. The summed E-state index contributed by atoms with van der Waals surface area (Å²) in [5, 5.41) is 12.6. The van der Waals surface area contributed by atoms with E-state index in [1.165, 1.54) is 6.42 Å². The molecule has 4 N–H and O–H groups in total. The van der Waals surface area contributed by atoms with Crippen LogP contribution in [0.4, 0.5) is 11.6 Å². The number of hydrogen-bond acceptors (Lipinski definition) is 6. The van der Waals surface area contributed by atoms with E-state index in [1.54, 1.807) is 13.2 Å². The van der Waals surface area contributed by atoms with Crippen LogP contribution in [0.3, 0.4) is 0 Å². The van der Waals surface area contributed by atoms with Crippen LogP contribution in [-0.4, -0.2) is 35.3 Å². The molecule has 106 valence electrons. The largest absolute Gasteiger partial charge is 0.396 e. The molecule has 0 spiro atoms. The number of aromatic nitrogens is 2. The standard InChI is InChI=1S/C13H22N4O2/c1-19-8-13-16-11(14)5-12(17-13)15-6-9-3-2-4-10(9)7-18/h5,9-10,18H,2-4,6-8H2,1H3,(H3,14,15,16,17). The predicted octanol–water partition coefficient (Wildman–Crippen LogP) is 1.03. The molecule has 0 bridgehead atoms. The van der Waals surface area contributed by atoms with Crippen molar-refractivity contribution in [2.75, 3.05) is 31.3 Å². The number of nitrogens with two attached hydrogens (primary N) is 1. The Labute approximate surface area is 113 Å². The molecular weight excluding hydrogens is 244 g/mol. The van der Waals surface area contributed by atoms with E-state index in [0.29, 0.717) is 30.1 Å². The van der Waals surface area contributed by atoms with Crippen LogP contribution in [-0.2, 0) is 11.3 Å². The molecule has 6 heteroatoms. The van der Waals surface area contributed by atoms with E-state index in [0.717, 1.165) is 25.2 Å². The molecule has 0 amide bonds. The number of nitrogen functional groups attached to an aromatic ring is 1. The predicted molar refractivity (Wildman–Crippen MR) is 73.6 cm³/mol. The van der Waals surface area contributed by atoms with Gasteiger partial charge in [-0.05, 0) is 24.7 Å². The number of aliphatic hydroxyl groups is 1. The molecule has 1 aliphatic rings. The smallest absolute Gasteiger partial charge is 0.158 e. The number of nitrogens with one attached hydrogen (secondary N) is 1. The number of rotatable bonds is 6. The lowest BCUT2D eigenvalue weighted by Gasteiger charge is -2.18. The second-order valence-electron chi connectivity index (χ2n) is 5.04. The Kier molecular flexibility index (Phi) is 4.93. The summed E-state index contributed by atoms with van der Waals surface area (Å²) in [6, 6.07) is 1.72. The minimum atomic E-state index is 0.271. The van der Waals surface area contributed by atoms with Crippen LogP contribution in [0.2, 0.25) is 0 Å². The minimum absolute atomic E-state index is 0.271. The second kappa shape index (κ2) is 6.68. The van der Waals surface area contributed by atoms with Crippen molar-refractivity contribution in [2.24, 2.45) is 11.8 Å². The van der Waals surface area contributed by atoms with Crippen LogP contribution >= 0.6 is 0 Å². The summed E-state index contributed by atoms with van der Waals surface area (Å²) in [5.41, 5.74) is 5.74. The Bertz CT molecular complexity index is 414. The molecule has 1 heterocycles. The van der Waals surface area contributed by atoms with Gasteiger partial charge in [0.2, 0.25) is 0 Å². The minimum Gasteiger partial charge on any atom is -0.396 e. The van der Waals surface area contributed by atoms with Crippen molar-refractivity contribution in [3.63, 3.8) is 0 Å². The summed E-state index contributed by atoms with van der Waals surface area (Å²) >= 11 is 0. The molecule has 0 aliphatic heterocycles. The molecular formula is C13H22N4O2. The van der Waals surface area contributed by atoms with Crippen molar-refractivity contribution >= 4 is 11.6 Å². The maximum absolute atomic E-state index is 9.30. The molecule has 1 aromatic heterocycles. The molecule has 6 nitrogen and oxygen atoms in total. The maximum Gasteiger partial charge on any atom is 0.158 e. The van der Waals surface area contributed by atoms with Gasteiger partial charge in [0, 0.05) is 26.3 Å². The molecule has 0 radical (unpaired) electrons. The summed E-state index contributed by atoms with van der Waals surface area (Å²) in [5.74, 6) is 2.66. The third-order valence-electron chi connectivity index (χ3n) is 3.66. The quantitative estimate of drug-likeness (QED) is 0.712. The van der Waals surface area contributed by atoms with Crippen molar-refractivity contribution in [3.8, 4) is 0 Å². The van der Waals surface area contributed by atoms with Crippen molar-refractivity contribution in [2.45, 2.75) is 25.9 Å². The van der Waals surface area contributed by atoms with E-state index in [-0.39, 0.29) is 6.61 Å².